The summed E-state index contributed by atoms with van der Waals surface area (Å²) in [5, 5.41) is 0. The molecule has 0 heterocycles. The van der Waals surface area contributed by atoms with Crippen molar-refractivity contribution in [1.29, 1.82) is 0 Å². The van der Waals surface area contributed by atoms with Gasteiger partial charge in [-0.05, 0) is 35.1 Å². The Balaban J connectivity index is 2.03. The van der Waals surface area contributed by atoms with Gasteiger partial charge in [-0.25, -0.2) is 8.78 Å². The predicted octanol–water partition coefficient (Wildman–Crippen LogP) is 7.76. The van der Waals surface area contributed by atoms with Crippen LogP contribution >= 0.6 is 0 Å². The molecular formula is C22H28F2. The van der Waals surface area contributed by atoms with Gasteiger partial charge in [-0.3, -0.25) is 0 Å². The van der Waals surface area contributed by atoms with E-state index < -0.39 is 12.3 Å². The number of alkyl halides is 2. The summed E-state index contributed by atoms with van der Waals surface area (Å²) in [5.41, 5.74) is 3.56. The smallest absolute Gasteiger partial charge is 0.125 e. The van der Waals surface area contributed by atoms with Crippen LogP contribution in [0.3, 0.4) is 0 Å². The molecule has 2 aromatic carbocycles. The molecule has 2 rings (SSSR count). The summed E-state index contributed by atoms with van der Waals surface area (Å²) < 4.78 is 28.1. The molecule has 0 fully saturated rings. The van der Waals surface area contributed by atoms with Crippen molar-refractivity contribution in [3.63, 3.8) is 0 Å². The number of hydrogen-bond donors (Lipinski definition) is 0. The lowest BCUT2D eigenvalue weighted by molar-refractivity contribution is 0.315. The number of benzene rings is 2. The number of unbranched alkanes of at least 4 members (excludes halogenated alkanes) is 2. The molecule has 0 bridgehead atoms. The summed E-state index contributed by atoms with van der Waals surface area (Å²) in [4.78, 5) is 0. The van der Waals surface area contributed by atoms with Gasteiger partial charge in [0.2, 0.25) is 0 Å². The monoisotopic (exact) mass is 330 g/mol. The fourth-order valence-corrected chi connectivity index (χ4v) is 2.87. The van der Waals surface area contributed by atoms with Crippen LogP contribution in [-0.4, -0.2) is 0 Å². The summed E-state index contributed by atoms with van der Waals surface area (Å²) >= 11 is 0. The van der Waals surface area contributed by atoms with E-state index in [1.807, 2.05) is 48.5 Å². The van der Waals surface area contributed by atoms with Crippen molar-refractivity contribution >= 4 is 0 Å². The number of halogens is 2. The van der Waals surface area contributed by atoms with Crippen LogP contribution in [0.4, 0.5) is 8.78 Å². The van der Waals surface area contributed by atoms with Crippen LogP contribution in [0.2, 0.25) is 0 Å². The van der Waals surface area contributed by atoms with E-state index in [-0.39, 0.29) is 0 Å². The van der Waals surface area contributed by atoms with Crippen LogP contribution in [-0.2, 0) is 0 Å². The lowest BCUT2D eigenvalue weighted by atomic mass is 9.98. The van der Waals surface area contributed by atoms with Crippen molar-refractivity contribution in [2.24, 2.45) is 0 Å². The van der Waals surface area contributed by atoms with Crippen molar-refractivity contribution in [2.75, 3.05) is 0 Å². The molecule has 2 heteroatoms. The second-order valence-corrected chi connectivity index (χ2v) is 6.46. The molecule has 0 aliphatic carbocycles. The molecule has 0 aliphatic rings. The van der Waals surface area contributed by atoms with E-state index in [1.54, 1.807) is 0 Å². The highest BCUT2D eigenvalue weighted by molar-refractivity contribution is 5.64. The lowest BCUT2D eigenvalue weighted by Gasteiger charge is -2.11. The van der Waals surface area contributed by atoms with Crippen molar-refractivity contribution < 1.29 is 8.78 Å². The molecule has 0 nitrogen and oxygen atoms in total. The first-order valence-electron chi connectivity index (χ1n) is 9.14. The standard InChI is InChI=1S/C22H28F2/c1-3-5-7-21(23)19-13-9-17(10-14-19)18-11-15-20(16-12-18)22(24)8-6-4-2/h9-16,21-22H,3-8H2,1-2H3. The second-order valence-electron chi connectivity index (χ2n) is 6.46. The normalized spacial score (nSPS) is 13.7. The summed E-state index contributed by atoms with van der Waals surface area (Å²) in [5.74, 6) is 0. The van der Waals surface area contributed by atoms with E-state index >= 15 is 0 Å². The molecule has 24 heavy (non-hydrogen) atoms. The van der Waals surface area contributed by atoms with E-state index in [9.17, 15) is 8.78 Å². The Morgan fingerprint density at radius 2 is 0.958 bits per heavy atom. The van der Waals surface area contributed by atoms with Gasteiger partial charge in [0, 0.05) is 0 Å². The summed E-state index contributed by atoms with van der Waals surface area (Å²) in [7, 11) is 0. The quantitative estimate of drug-likeness (QED) is 0.441. The van der Waals surface area contributed by atoms with Crippen molar-refractivity contribution in [3.8, 4) is 11.1 Å². The maximum Gasteiger partial charge on any atom is 0.125 e. The van der Waals surface area contributed by atoms with Crippen molar-refractivity contribution in [2.45, 2.75) is 64.7 Å². The highest BCUT2D eigenvalue weighted by Gasteiger charge is 2.11. The van der Waals surface area contributed by atoms with Gasteiger partial charge in [0.15, 0.2) is 0 Å². The molecule has 2 atom stereocenters. The van der Waals surface area contributed by atoms with E-state index in [0.717, 1.165) is 47.9 Å². The fourth-order valence-electron chi connectivity index (χ4n) is 2.87. The minimum absolute atomic E-state index is 0.584. The molecule has 0 radical (unpaired) electrons. The summed E-state index contributed by atoms with van der Waals surface area (Å²) in [6.45, 7) is 4.15. The molecule has 0 aromatic heterocycles. The molecule has 0 spiro atoms. The Hall–Kier alpha value is -1.70. The Morgan fingerprint density at radius 3 is 1.25 bits per heavy atom. The highest BCUT2D eigenvalue weighted by atomic mass is 19.1. The van der Waals surface area contributed by atoms with E-state index in [1.165, 1.54) is 0 Å². The first kappa shape index (κ1) is 18.6. The third kappa shape index (κ3) is 5.15. The van der Waals surface area contributed by atoms with E-state index in [4.69, 9.17) is 0 Å². The molecule has 2 aromatic rings. The zero-order chi connectivity index (χ0) is 17.4. The first-order valence-corrected chi connectivity index (χ1v) is 9.14. The minimum atomic E-state index is -0.882. The molecular weight excluding hydrogens is 302 g/mol. The third-order valence-electron chi connectivity index (χ3n) is 4.50. The van der Waals surface area contributed by atoms with E-state index in [2.05, 4.69) is 13.8 Å². The average Bonchev–Trinajstić information content (AvgIpc) is 2.64. The molecule has 0 N–H and O–H groups in total. The largest absolute Gasteiger partial charge is 0.242 e. The van der Waals surface area contributed by atoms with Gasteiger partial charge >= 0.3 is 0 Å². The van der Waals surface area contributed by atoms with Crippen molar-refractivity contribution in [1.82, 2.24) is 0 Å². The van der Waals surface area contributed by atoms with Gasteiger partial charge in [0.05, 0.1) is 0 Å². The Kier molecular flexibility index (Phi) is 7.42. The van der Waals surface area contributed by atoms with Crippen LogP contribution in [0.25, 0.3) is 11.1 Å². The SMILES string of the molecule is CCCCC(F)c1ccc(-c2ccc(C(F)CCCC)cc2)cc1. The zero-order valence-electron chi connectivity index (χ0n) is 14.8. The van der Waals surface area contributed by atoms with Crippen LogP contribution in [0.15, 0.2) is 48.5 Å². The minimum Gasteiger partial charge on any atom is -0.242 e. The van der Waals surface area contributed by atoms with Crippen LogP contribution in [0.5, 0.6) is 0 Å². The van der Waals surface area contributed by atoms with Crippen LogP contribution in [0.1, 0.15) is 75.8 Å². The van der Waals surface area contributed by atoms with Gasteiger partial charge < -0.3 is 0 Å². The molecule has 0 aliphatic heterocycles. The first-order chi connectivity index (χ1) is 11.7. The average molecular weight is 330 g/mol. The Bertz CT molecular complexity index is 531. The van der Waals surface area contributed by atoms with Crippen LogP contribution in [0, 0.1) is 0 Å². The maximum absolute atomic E-state index is 14.1. The summed E-state index contributed by atoms with van der Waals surface area (Å²) in [6, 6.07) is 15.3. The van der Waals surface area contributed by atoms with Crippen molar-refractivity contribution in [3.05, 3.63) is 59.7 Å². The highest BCUT2D eigenvalue weighted by Crippen LogP contribution is 2.29. The topological polar surface area (TPSA) is 0 Å². The predicted molar refractivity (Wildman–Crippen MR) is 98.6 cm³/mol. The third-order valence-corrected chi connectivity index (χ3v) is 4.50. The molecule has 0 saturated heterocycles. The van der Waals surface area contributed by atoms with Gasteiger partial charge in [-0.15, -0.1) is 0 Å². The summed E-state index contributed by atoms with van der Waals surface area (Å²) in [6.07, 6.45) is 3.25. The van der Waals surface area contributed by atoms with Gasteiger partial charge in [0.1, 0.15) is 12.3 Å². The number of hydrogen-bond acceptors (Lipinski definition) is 0. The molecule has 2 unspecified atom stereocenters. The Labute approximate surface area is 144 Å². The zero-order valence-corrected chi connectivity index (χ0v) is 14.8. The van der Waals surface area contributed by atoms with Crippen LogP contribution < -0.4 is 0 Å². The Morgan fingerprint density at radius 1 is 0.625 bits per heavy atom. The number of rotatable bonds is 9. The van der Waals surface area contributed by atoms with Gasteiger partial charge in [-0.2, -0.15) is 0 Å². The molecule has 0 amide bonds. The van der Waals surface area contributed by atoms with E-state index in [0.29, 0.717) is 12.8 Å². The van der Waals surface area contributed by atoms with Gasteiger partial charge in [0.25, 0.3) is 0 Å². The molecule has 130 valence electrons. The lowest BCUT2D eigenvalue weighted by Crippen LogP contribution is -1.93. The van der Waals surface area contributed by atoms with Gasteiger partial charge in [-0.1, -0.05) is 88.1 Å². The fraction of sp³-hybridized carbons (Fsp3) is 0.455. The molecule has 0 saturated carbocycles. The second kappa shape index (κ2) is 9.56. The maximum atomic E-state index is 14.1.